The van der Waals surface area contributed by atoms with Gasteiger partial charge in [-0.25, -0.2) is 0 Å². The van der Waals surface area contributed by atoms with Crippen LogP contribution in [0.4, 0.5) is 0 Å². The molecule has 2 heteroatoms. The second-order valence-corrected chi connectivity index (χ2v) is 4.67. The molecule has 2 nitrogen and oxygen atoms in total. The van der Waals surface area contributed by atoms with Gasteiger partial charge in [0.1, 0.15) is 11.9 Å². The summed E-state index contributed by atoms with van der Waals surface area (Å²) in [7, 11) is 0. The van der Waals surface area contributed by atoms with E-state index in [9.17, 15) is 5.11 Å². The lowest BCUT2D eigenvalue weighted by Gasteiger charge is -2.19. The number of hydrogen-bond donors (Lipinski definition) is 1. The largest absolute Gasteiger partial charge is 0.487 e. The predicted octanol–water partition coefficient (Wildman–Crippen LogP) is 2.40. The van der Waals surface area contributed by atoms with Gasteiger partial charge in [0.15, 0.2) is 0 Å². The molecule has 2 rings (SSSR count). The van der Waals surface area contributed by atoms with Crippen molar-refractivity contribution in [3.05, 3.63) is 29.8 Å². The summed E-state index contributed by atoms with van der Waals surface area (Å²) in [5, 5.41) is 9.97. The first-order valence-corrected chi connectivity index (χ1v) is 5.59. The SMILES string of the molecule is CC(C)CC(O)C1Cc2ccccc2O1. The molecule has 0 bridgehead atoms. The minimum Gasteiger partial charge on any atom is -0.487 e. The highest BCUT2D eigenvalue weighted by Crippen LogP contribution is 2.30. The molecule has 15 heavy (non-hydrogen) atoms. The number of rotatable bonds is 3. The number of fused-ring (bicyclic) bond motifs is 1. The van der Waals surface area contributed by atoms with Crippen LogP contribution in [0.25, 0.3) is 0 Å². The Morgan fingerprint density at radius 2 is 2.13 bits per heavy atom. The smallest absolute Gasteiger partial charge is 0.129 e. The van der Waals surface area contributed by atoms with Crippen molar-refractivity contribution in [2.75, 3.05) is 0 Å². The van der Waals surface area contributed by atoms with Crippen molar-refractivity contribution in [3.8, 4) is 5.75 Å². The summed E-state index contributed by atoms with van der Waals surface area (Å²) in [6, 6.07) is 8.02. The summed E-state index contributed by atoms with van der Waals surface area (Å²) in [5.74, 6) is 1.44. The zero-order valence-corrected chi connectivity index (χ0v) is 9.31. The molecule has 0 aliphatic carbocycles. The molecule has 1 aromatic carbocycles. The molecule has 0 saturated heterocycles. The molecule has 1 aliphatic heterocycles. The standard InChI is InChI=1S/C13H18O2/c1-9(2)7-11(14)13-8-10-5-3-4-6-12(10)15-13/h3-6,9,11,13-14H,7-8H2,1-2H3. The van der Waals surface area contributed by atoms with E-state index in [2.05, 4.69) is 19.9 Å². The summed E-state index contributed by atoms with van der Waals surface area (Å²) >= 11 is 0. The second kappa shape index (κ2) is 4.23. The molecule has 1 N–H and O–H groups in total. The van der Waals surface area contributed by atoms with E-state index in [1.54, 1.807) is 0 Å². The van der Waals surface area contributed by atoms with Crippen molar-refractivity contribution in [3.63, 3.8) is 0 Å². The van der Waals surface area contributed by atoms with E-state index in [-0.39, 0.29) is 12.2 Å². The maximum Gasteiger partial charge on any atom is 0.129 e. The van der Waals surface area contributed by atoms with Crippen molar-refractivity contribution in [2.45, 2.75) is 38.9 Å². The van der Waals surface area contributed by atoms with Crippen LogP contribution in [-0.2, 0) is 6.42 Å². The molecular formula is C13H18O2. The Labute approximate surface area is 90.9 Å². The topological polar surface area (TPSA) is 29.5 Å². The van der Waals surface area contributed by atoms with Crippen LogP contribution in [0, 0.1) is 5.92 Å². The lowest BCUT2D eigenvalue weighted by Crippen LogP contribution is -2.31. The molecule has 1 heterocycles. The number of para-hydroxylation sites is 1. The van der Waals surface area contributed by atoms with Gasteiger partial charge in [-0.15, -0.1) is 0 Å². The molecule has 0 amide bonds. The minimum absolute atomic E-state index is 0.0511. The fraction of sp³-hybridized carbons (Fsp3) is 0.538. The molecule has 0 saturated carbocycles. The molecule has 82 valence electrons. The average molecular weight is 206 g/mol. The van der Waals surface area contributed by atoms with Gasteiger partial charge in [0.25, 0.3) is 0 Å². The molecule has 0 aromatic heterocycles. The fourth-order valence-corrected chi connectivity index (χ4v) is 2.06. The van der Waals surface area contributed by atoms with Crippen LogP contribution in [0.2, 0.25) is 0 Å². The van der Waals surface area contributed by atoms with Crippen LogP contribution in [0.1, 0.15) is 25.8 Å². The first-order valence-electron chi connectivity index (χ1n) is 5.59. The first-order chi connectivity index (χ1) is 7.16. The highest BCUT2D eigenvalue weighted by atomic mass is 16.5. The molecule has 0 radical (unpaired) electrons. The number of ether oxygens (including phenoxy) is 1. The number of aliphatic hydroxyl groups excluding tert-OH is 1. The maximum absolute atomic E-state index is 9.97. The molecular weight excluding hydrogens is 188 g/mol. The van der Waals surface area contributed by atoms with Gasteiger partial charge in [0.2, 0.25) is 0 Å². The molecule has 0 fully saturated rings. The Morgan fingerprint density at radius 3 is 2.80 bits per heavy atom. The summed E-state index contributed by atoms with van der Waals surface area (Å²) in [4.78, 5) is 0. The Balaban J connectivity index is 2.00. The quantitative estimate of drug-likeness (QED) is 0.823. The Hall–Kier alpha value is -1.02. The second-order valence-electron chi connectivity index (χ2n) is 4.67. The van der Waals surface area contributed by atoms with Gasteiger partial charge in [-0.05, 0) is 24.0 Å². The molecule has 1 aromatic rings. The van der Waals surface area contributed by atoms with Crippen molar-refractivity contribution in [1.82, 2.24) is 0 Å². The minimum atomic E-state index is -0.350. The van der Waals surface area contributed by atoms with Gasteiger partial charge in [-0.1, -0.05) is 32.0 Å². The van der Waals surface area contributed by atoms with E-state index < -0.39 is 0 Å². The lowest BCUT2D eigenvalue weighted by atomic mass is 9.99. The van der Waals surface area contributed by atoms with E-state index in [1.165, 1.54) is 5.56 Å². The maximum atomic E-state index is 9.97. The Morgan fingerprint density at radius 1 is 1.40 bits per heavy atom. The van der Waals surface area contributed by atoms with Crippen molar-refractivity contribution < 1.29 is 9.84 Å². The zero-order valence-electron chi connectivity index (χ0n) is 9.31. The van der Waals surface area contributed by atoms with Gasteiger partial charge in [-0.3, -0.25) is 0 Å². The van der Waals surface area contributed by atoms with Crippen LogP contribution >= 0.6 is 0 Å². The third-order valence-electron chi connectivity index (χ3n) is 2.81. The molecule has 1 aliphatic rings. The third-order valence-corrected chi connectivity index (χ3v) is 2.81. The van der Waals surface area contributed by atoms with Crippen LogP contribution in [0.5, 0.6) is 5.75 Å². The van der Waals surface area contributed by atoms with E-state index in [1.807, 2.05) is 18.2 Å². The predicted molar refractivity (Wildman–Crippen MR) is 60.0 cm³/mol. The van der Waals surface area contributed by atoms with Crippen molar-refractivity contribution >= 4 is 0 Å². The van der Waals surface area contributed by atoms with Crippen LogP contribution in [0.15, 0.2) is 24.3 Å². The summed E-state index contributed by atoms with van der Waals surface area (Å²) in [6.07, 6.45) is 1.24. The van der Waals surface area contributed by atoms with Crippen molar-refractivity contribution in [2.24, 2.45) is 5.92 Å². The van der Waals surface area contributed by atoms with Gasteiger partial charge in [0, 0.05) is 6.42 Å². The zero-order chi connectivity index (χ0) is 10.8. The number of aliphatic hydroxyl groups is 1. The molecule has 2 unspecified atom stereocenters. The monoisotopic (exact) mass is 206 g/mol. The lowest BCUT2D eigenvalue weighted by molar-refractivity contribution is 0.0357. The summed E-state index contributed by atoms with van der Waals surface area (Å²) in [5.41, 5.74) is 1.21. The number of benzene rings is 1. The van der Waals surface area contributed by atoms with Gasteiger partial charge >= 0.3 is 0 Å². The average Bonchev–Trinajstić information content (AvgIpc) is 2.59. The van der Waals surface area contributed by atoms with Gasteiger partial charge in [-0.2, -0.15) is 0 Å². The highest BCUT2D eigenvalue weighted by molar-refractivity contribution is 5.37. The summed E-state index contributed by atoms with van der Waals surface area (Å²) in [6.45, 7) is 4.23. The van der Waals surface area contributed by atoms with E-state index in [4.69, 9.17) is 4.74 Å². The van der Waals surface area contributed by atoms with Crippen LogP contribution in [0.3, 0.4) is 0 Å². The molecule has 2 atom stereocenters. The fourth-order valence-electron chi connectivity index (χ4n) is 2.06. The third kappa shape index (κ3) is 2.32. The van der Waals surface area contributed by atoms with Gasteiger partial charge in [0.05, 0.1) is 6.10 Å². The van der Waals surface area contributed by atoms with Crippen molar-refractivity contribution in [1.29, 1.82) is 0 Å². The normalized spacial score (nSPS) is 21.2. The van der Waals surface area contributed by atoms with Gasteiger partial charge < -0.3 is 9.84 Å². The van der Waals surface area contributed by atoms with E-state index in [0.29, 0.717) is 5.92 Å². The Kier molecular flexibility index (Phi) is 2.96. The van der Waals surface area contributed by atoms with E-state index >= 15 is 0 Å². The number of hydrogen-bond acceptors (Lipinski definition) is 2. The van der Waals surface area contributed by atoms with Crippen LogP contribution in [-0.4, -0.2) is 17.3 Å². The Bertz CT molecular complexity index is 308. The van der Waals surface area contributed by atoms with E-state index in [0.717, 1.165) is 18.6 Å². The van der Waals surface area contributed by atoms with Crippen LogP contribution < -0.4 is 4.74 Å². The molecule has 0 spiro atoms. The first kappa shape index (κ1) is 10.5. The summed E-state index contributed by atoms with van der Waals surface area (Å²) < 4.78 is 5.72. The highest BCUT2D eigenvalue weighted by Gasteiger charge is 2.28.